The standard InChI is InChI=1S/C21H17ClN2O8/c1-11-4-5-13(9-16(11)24(27)28)20-23-15(21(26)32-20)7-12-6-14(22)19(17(8-12)29-2)31-10-18(25)30-3/h4-9H,10H2,1-3H3/b15-7-. The minimum Gasteiger partial charge on any atom is -0.493 e. The number of nitro groups is 1. The number of ether oxygens (including phenoxy) is 4. The van der Waals surface area contributed by atoms with Gasteiger partial charge in [0.25, 0.3) is 5.69 Å². The highest BCUT2D eigenvalue weighted by Crippen LogP contribution is 2.37. The second-order valence-electron chi connectivity index (χ2n) is 6.49. The molecule has 0 aromatic heterocycles. The molecular weight excluding hydrogens is 444 g/mol. The second kappa shape index (κ2) is 9.48. The van der Waals surface area contributed by atoms with E-state index in [-0.39, 0.29) is 40.4 Å². The van der Waals surface area contributed by atoms with Gasteiger partial charge in [-0.1, -0.05) is 17.7 Å². The molecule has 10 nitrogen and oxygen atoms in total. The molecule has 1 aliphatic heterocycles. The molecule has 0 fully saturated rings. The van der Waals surface area contributed by atoms with E-state index in [1.54, 1.807) is 19.1 Å². The molecule has 0 saturated carbocycles. The lowest BCUT2D eigenvalue weighted by molar-refractivity contribution is -0.385. The van der Waals surface area contributed by atoms with Gasteiger partial charge in [-0.05, 0) is 36.8 Å². The zero-order chi connectivity index (χ0) is 23.4. The number of benzene rings is 2. The van der Waals surface area contributed by atoms with Gasteiger partial charge < -0.3 is 18.9 Å². The molecule has 32 heavy (non-hydrogen) atoms. The number of halogens is 1. The fourth-order valence-corrected chi connectivity index (χ4v) is 3.06. The molecule has 0 atom stereocenters. The average Bonchev–Trinajstić information content (AvgIpc) is 3.12. The van der Waals surface area contributed by atoms with Crippen LogP contribution in [-0.4, -0.2) is 43.6 Å². The molecule has 1 aliphatic rings. The largest absolute Gasteiger partial charge is 0.493 e. The van der Waals surface area contributed by atoms with Crippen molar-refractivity contribution in [2.75, 3.05) is 20.8 Å². The van der Waals surface area contributed by atoms with E-state index in [1.165, 1.54) is 38.5 Å². The zero-order valence-electron chi connectivity index (χ0n) is 17.2. The maximum Gasteiger partial charge on any atom is 0.363 e. The van der Waals surface area contributed by atoms with Crippen molar-refractivity contribution in [3.05, 3.63) is 67.9 Å². The summed E-state index contributed by atoms with van der Waals surface area (Å²) in [5.41, 5.74) is 1.06. The first-order valence-electron chi connectivity index (χ1n) is 9.08. The van der Waals surface area contributed by atoms with Crippen LogP contribution in [0.4, 0.5) is 5.69 Å². The summed E-state index contributed by atoms with van der Waals surface area (Å²) in [6, 6.07) is 7.43. The fourth-order valence-electron chi connectivity index (χ4n) is 2.78. The third-order valence-corrected chi connectivity index (χ3v) is 4.67. The van der Waals surface area contributed by atoms with Crippen molar-refractivity contribution in [1.82, 2.24) is 0 Å². The van der Waals surface area contributed by atoms with Gasteiger partial charge in [0.15, 0.2) is 23.8 Å². The van der Waals surface area contributed by atoms with E-state index in [0.717, 1.165) is 0 Å². The van der Waals surface area contributed by atoms with E-state index in [2.05, 4.69) is 9.73 Å². The van der Waals surface area contributed by atoms with Gasteiger partial charge >= 0.3 is 11.9 Å². The van der Waals surface area contributed by atoms with E-state index < -0.39 is 16.9 Å². The quantitative estimate of drug-likeness (QED) is 0.266. The minimum atomic E-state index is -0.732. The normalized spacial score (nSPS) is 14.1. The smallest absolute Gasteiger partial charge is 0.363 e. The summed E-state index contributed by atoms with van der Waals surface area (Å²) in [6.07, 6.45) is 1.41. The molecule has 2 aromatic carbocycles. The molecule has 166 valence electrons. The van der Waals surface area contributed by atoms with Gasteiger partial charge in [-0.2, -0.15) is 0 Å². The molecule has 0 bridgehead atoms. The number of cyclic esters (lactones) is 1. The Morgan fingerprint density at radius 2 is 2.03 bits per heavy atom. The Balaban J connectivity index is 1.92. The highest BCUT2D eigenvalue weighted by Gasteiger charge is 2.26. The second-order valence-corrected chi connectivity index (χ2v) is 6.90. The molecular formula is C21H17ClN2O8. The number of rotatable bonds is 7. The number of carbonyl (C=O) groups is 2. The Bertz CT molecular complexity index is 1170. The molecule has 0 radical (unpaired) electrons. The first-order chi connectivity index (χ1) is 15.2. The lowest BCUT2D eigenvalue weighted by Gasteiger charge is -2.12. The average molecular weight is 461 g/mol. The van der Waals surface area contributed by atoms with Crippen molar-refractivity contribution < 1.29 is 33.5 Å². The minimum absolute atomic E-state index is 0.0374. The summed E-state index contributed by atoms with van der Waals surface area (Å²) in [5.74, 6) is -1.03. The van der Waals surface area contributed by atoms with Crippen molar-refractivity contribution in [3.8, 4) is 11.5 Å². The highest BCUT2D eigenvalue weighted by molar-refractivity contribution is 6.32. The first kappa shape index (κ1) is 22.8. The van der Waals surface area contributed by atoms with E-state index in [0.29, 0.717) is 16.7 Å². The van der Waals surface area contributed by atoms with E-state index in [4.69, 9.17) is 25.8 Å². The van der Waals surface area contributed by atoms with E-state index >= 15 is 0 Å². The predicted molar refractivity (Wildman–Crippen MR) is 114 cm³/mol. The monoisotopic (exact) mass is 460 g/mol. The summed E-state index contributed by atoms with van der Waals surface area (Å²) < 4.78 is 20.3. The van der Waals surface area contributed by atoms with Crippen LogP contribution in [0.15, 0.2) is 41.0 Å². The van der Waals surface area contributed by atoms with Crippen molar-refractivity contribution in [3.63, 3.8) is 0 Å². The zero-order valence-corrected chi connectivity index (χ0v) is 18.0. The maximum atomic E-state index is 12.3. The van der Waals surface area contributed by atoms with Crippen molar-refractivity contribution in [2.45, 2.75) is 6.92 Å². The topological polar surface area (TPSA) is 127 Å². The predicted octanol–water partition coefficient (Wildman–Crippen LogP) is 3.46. The summed E-state index contributed by atoms with van der Waals surface area (Å²) in [4.78, 5) is 38.4. The van der Waals surface area contributed by atoms with Crippen LogP contribution in [-0.2, 0) is 19.1 Å². The lowest BCUT2D eigenvalue weighted by atomic mass is 10.1. The molecule has 2 aromatic rings. The SMILES string of the molecule is COC(=O)COc1c(Cl)cc(/C=C2\N=C(c3ccc(C)c([N+](=O)[O-])c3)OC2=O)cc1OC. The maximum absolute atomic E-state index is 12.3. The molecule has 11 heteroatoms. The molecule has 0 spiro atoms. The van der Waals surface area contributed by atoms with Crippen molar-refractivity contribution in [1.29, 1.82) is 0 Å². The van der Waals surface area contributed by atoms with Crippen LogP contribution in [0.2, 0.25) is 5.02 Å². The Labute approximate surface area is 187 Å². The number of nitro benzene ring substituents is 1. The van der Waals surface area contributed by atoms with Crippen LogP contribution in [0.25, 0.3) is 6.08 Å². The molecule has 0 aliphatic carbocycles. The fraction of sp³-hybridized carbons (Fsp3) is 0.190. The summed E-state index contributed by atoms with van der Waals surface area (Å²) in [7, 11) is 2.61. The number of hydrogen-bond donors (Lipinski definition) is 0. The Morgan fingerprint density at radius 3 is 2.69 bits per heavy atom. The first-order valence-corrected chi connectivity index (χ1v) is 9.46. The Morgan fingerprint density at radius 1 is 1.28 bits per heavy atom. The van der Waals surface area contributed by atoms with Gasteiger partial charge in [-0.15, -0.1) is 0 Å². The Hall–Kier alpha value is -3.92. The van der Waals surface area contributed by atoms with Gasteiger partial charge in [0, 0.05) is 17.2 Å². The van der Waals surface area contributed by atoms with Crippen LogP contribution in [0.1, 0.15) is 16.7 Å². The third-order valence-electron chi connectivity index (χ3n) is 4.39. The summed E-state index contributed by atoms with van der Waals surface area (Å²) in [5, 5.41) is 11.3. The molecule has 0 amide bonds. The molecule has 1 heterocycles. The molecule has 3 rings (SSSR count). The van der Waals surface area contributed by atoms with Gasteiger partial charge in [-0.3, -0.25) is 10.1 Å². The van der Waals surface area contributed by atoms with Gasteiger partial charge in [0.2, 0.25) is 5.90 Å². The van der Waals surface area contributed by atoms with E-state index in [1.807, 2.05) is 0 Å². The number of aryl methyl sites for hydroxylation is 1. The summed E-state index contributed by atoms with van der Waals surface area (Å²) >= 11 is 6.25. The third kappa shape index (κ3) is 4.86. The summed E-state index contributed by atoms with van der Waals surface area (Å²) in [6.45, 7) is 1.24. The molecule has 0 saturated heterocycles. The number of methoxy groups -OCH3 is 2. The number of nitrogens with zero attached hydrogens (tertiary/aromatic N) is 2. The number of esters is 2. The van der Waals surface area contributed by atoms with Crippen LogP contribution in [0.5, 0.6) is 11.5 Å². The van der Waals surface area contributed by atoms with Crippen LogP contribution in [0, 0.1) is 17.0 Å². The lowest BCUT2D eigenvalue weighted by Crippen LogP contribution is -2.13. The number of carbonyl (C=O) groups excluding carboxylic acids is 2. The van der Waals surface area contributed by atoms with Crippen molar-refractivity contribution >= 4 is 41.2 Å². The number of aliphatic imine (C=N–C) groups is 1. The van der Waals surface area contributed by atoms with Gasteiger partial charge in [0.05, 0.1) is 24.2 Å². The van der Waals surface area contributed by atoms with Crippen LogP contribution < -0.4 is 9.47 Å². The van der Waals surface area contributed by atoms with E-state index in [9.17, 15) is 19.7 Å². The molecule has 0 unspecified atom stereocenters. The Kier molecular flexibility index (Phi) is 6.74. The van der Waals surface area contributed by atoms with Gasteiger partial charge in [-0.25, -0.2) is 14.6 Å². The number of hydrogen-bond acceptors (Lipinski definition) is 9. The highest BCUT2D eigenvalue weighted by atomic mass is 35.5. The van der Waals surface area contributed by atoms with Crippen LogP contribution in [0.3, 0.4) is 0 Å². The van der Waals surface area contributed by atoms with Crippen LogP contribution >= 0.6 is 11.6 Å². The molecule has 0 N–H and O–H groups in total. The van der Waals surface area contributed by atoms with Crippen molar-refractivity contribution in [2.24, 2.45) is 4.99 Å². The van der Waals surface area contributed by atoms with Gasteiger partial charge in [0.1, 0.15) is 0 Å².